The fourth-order valence-corrected chi connectivity index (χ4v) is 7.65. The lowest BCUT2D eigenvalue weighted by Gasteiger charge is -2.20. The highest BCUT2D eigenvalue weighted by Crippen LogP contribution is 2.16. The molecule has 320 valence electrons. The van der Waals surface area contributed by atoms with Crippen molar-refractivity contribution in [3.05, 3.63) is 24.3 Å². The van der Waals surface area contributed by atoms with Crippen LogP contribution in [-0.2, 0) is 4.79 Å². The fraction of sp³-hybridized carbons (Fsp3) is 0.900. The van der Waals surface area contributed by atoms with Gasteiger partial charge in [0.1, 0.15) is 0 Å². The highest BCUT2D eigenvalue weighted by atomic mass is 16.3. The van der Waals surface area contributed by atoms with Crippen molar-refractivity contribution in [2.24, 2.45) is 0 Å². The van der Waals surface area contributed by atoms with Gasteiger partial charge in [-0.05, 0) is 44.9 Å². The van der Waals surface area contributed by atoms with Crippen LogP contribution in [0.4, 0.5) is 0 Å². The highest BCUT2D eigenvalue weighted by molar-refractivity contribution is 5.76. The largest absolute Gasteiger partial charge is 0.394 e. The Morgan fingerprint density at radius 3 is 1.02 bits per heavy atom. The van der Waals surface area contributed by atoms with Crippen LogP contribution < -0.4 is 5.32 Å². The SMILES string of the molecule is CCCCCCCCCCCCCC/C=C\CCCCCCCCCCC(=O)NC(CO)C(O)/C=C/CCCCCCCCCCCCCCCCCC. The molecule has 0 fully saturated rings. The highest BCUT2D eigenvalue weighted by Gasteiger charge is 2.18. The zero-order valence-electron chi connectivity index (χ0n) is 36.8. The molecule has 4 nitrogen and oxygen atoms in total. The predicted octanol–water partition coefficient (Wildman–Crippen LogP) is 15.6. The summed E-state index contributed by atoms with van der Waals surface area (Å²) in [6.07, 6.45) is 60.2. The summed E-state index contributed by atoms with van der Waals surface area (Å²) in [5.74, 6) is -0.0637. The molecule has 54 heavy (non-hydrogen) atoms. The predicted molar refractivity (Wildman–Crippen MR) is 239 cm³/mol. The van der Waals surface area contributed by atoms with Crippen LogP contribution in [0.15, 0.2) is 24.3 Å². The second-order valence-electron chi connectivity index (χ2n) is 16.9. The minimum atomic E-state index is -0.838. The lowest BCUT2D eigenvalue weighted by Crippen LogP contribution is -2.45. The molecule has 0 aliphatic carbocycles. The molecule has 0 aliphatic rings. The van der Waals surface area contributed by atoms with Gasteiger partial charge in [0.2, 0.25) is 5.91 Å². The number of amides is 1. The number of carbonyl (C=O) groups is 1. The Bertz CT molecular complexity index is 780. The molecule has 0 aromatic carbocycles. The summed E-state index contributed by atoms with van der Waals surface area (Å²) >= 11 is 0. The molecular formula is C50H97NO3. The van der Waals surface area contributed by atoms with Gasteiger partial charge < -0.3 is 15.5 Å². The number of rotatable bonds is 45. The van der Waals surface area contributed by atoms with Crippen molar-refractivity contribution >= 4 is 5.91 Å². The Morgan fingerprint density at radius 1 is 0.426 bits per heavy atom. The molecule has 0 spiro atoms. The Hall–Kier alpha value is -1.13. The van der Waals surface area contributed by atoms with E-state index < -0.39 is 12.1 Å². The van der Waals surface area contributed by atoms with E-state index in [0.29, 0.717) is 6.42 Å². The Kier molecular flexibility index (Phi) is 45.3. The molecule has 0 saturated carbocycles. The quantitative estimate of drug-likeness (QED) is 0.0428. The van der Waals surface area contributed by atoms with Gasteiger partial charge in [-0.15, -0.1) is 0 Å². The fourth-order valence-electron chi connectivity index (χ4n) is 7.65. The first-order valence-electron chi connectivity index (χ1n) is 24.6. The molecule has 2 unspecified atom stereocenters. The third kappa shape index (κ3) is 42.0. The molecule has 0 aromatic heterocycles. The lowest BCUT2D eigenvalue weighted by molar-refractivity contribution is -0.123. The number of hydrogen-bond donors (Lipinski definition) is 3. The summed E-state index contributed by atoms with van der Waals surface area (Å²) in [6.45, 7) is 4.33. The first-order chi connectivity index (χ1) is 26.7. The molecule has 1 amide bonds. The van der Waals surface area contributed by atoms with E-state index in [-0.39, 0.29) is 12.5 Å². The number of aliphatic hydroxyl groups is 2. The monoisotopic (exact) mass is 760 g/mol. The van der Waals surface area contributed by atoms with Crippen molar-refractivity contribution in [3.63, 3.8) is 0 Å². The number of carbonyl (C=O) groups excluding carboxylic acids is 1. The van der Waals surface area contributed by atoms with Crippen molar-refractivity contribution in [3.8, 4) is 0 Å². The summed E-state index contributed by atoms with van der Waals surface area (Å²) in [6, 6.07) is -0.622. The van der Waals surface area contributed by atoms with E-state index in [2.05, 4.69) is 31.3 Å². The zero-order chi connectivity index (χ0) is 39.3. The standard InChI is InChI=1S/C50H97NO3/c1-3-5-7-9-11-13-15-17-19-21-23-24-25-26-27-28-30-32-34-36-38-40-42-44-46-50(54)51-48(47-52)49(53)45-43-41-39-37-35-33-31-29-22-20-18-16-14-12-10-8-6-4-2/h26-27,43,45,48-49,52-53H,3-25,28-42,44,46-47H2,1-2H3,(H,51,54)/b27-26-,45-43+. The van der Waals surface area contributed by atoms with Crippen molar-refractivity contribution in [1.82, 2.24) is 5.32 Å². The molecular weight excluding hydrogens is 663 g/mol. The van der Waals surface area contributed by atoms with Gasteiger partial charge in [0.25, 0.3) is 0 Å². The minimum Gasteiger partial charge on any atom is -0.394 e. The van der Waals surface area contributed by atoms with Crippen LogP contribution in [0.1, 0.15) is 271 Å². The van der Waals surface area contributed by atoms with E-state index in [1.165, 1.54) is 225 Å². The normalized spacial score (nSPS) is 13.0. The molecule has 0 saturated heterocycles. The Morgan fingerprint density at radius 2 is 0.704 bits per heavy atom. The van der Waals surface area contributed by atoms with Gasteiger partial charge in [-0.25, -0.2) is 0 Å². The summed E-state index contributed by atoms with van der Waals surface area (Å²) in [5, 5.41) is 23.1. The zero-order valence-corrected chi connectivity index (χ0v) is 36.8. The van der Waals surface area contributed by atoms with Crippen LogP contribution in [0.5, 0.6) is 0 Å². The van der Waals surface area contributed by atoms with Crippen molar-refractivity contribution in [2.75, 3.05) is 6.61 Å². The molecule has 0 aromatic rings. The maximum Gasteiger partial charge on any atom is 0.220 e. The first-order valence-corrected chi connectivity index (χ1v) is 24.6. The summed E-state index contributed by atoms with van der Waals surface area (Å²) in [5.41, 5.74) is 0. The lowest BCUT2D eigenvalue weighted by atomic mass is 10.0. The number of nitrogens with one attached hydrogen (secondary N) is 1. The van der Waals surface area contributed by atoms with E-state index in [9.17, 15) is 15.0 Å². The van der Waals surface area contributed by atoms with Crippen LogP contribution in [0, 0.1) is 0 Å². The second kappa shape index (κ2) is 46.3. The summed E-state index contributed by atoms with van der Waals surface area (Å²) < 4.78 is 0. The van der Waals surface area contributed by atoms with Crippen LogP contribution in [0.3, 0.4) is 0 Å². The molecule has 0 bridgehead atoms. The van der Waals surface area contributed by atoms with E-state index in [4.69, 9.17) is 0 Å². The average Bonchev–Trinajstić information content (AvgIpc) is 3.18. The molecule has 3 N–H and O–H groups in total. The number of unbranched alkanes of at least 4 members (excludes halogenated alkanes) is 36. The molecule has 0 heterocycles. The molecule has 0 aliphatic heterocycles. The van der Waals surface area contributed by atoms with Gasteiger partial charge in [0.05, 0.1) is 18.8 Å². The van der Waals surface area contributed by atoms with Gasteiger partial charge in [-0.1, -0.05) is 244 Å². The van der Waals surface area contributed by atoms with E-state index in [1.807, 2.05) is 6.08 Å². The van der Waals surface area contributed by atoms with E-state index in [1.54, 1.807) is 6.08 Å². The van der Waals surface area contributed by atoms with Crippen molar-refractivity contribution in [1.29, 1.82) is 0 Å². The van der Waals surface area contributed by atoms with E-state index in [0.717, 1.165) is 25.7 Å². The third-order valence-corrected chi connectivity index (χ3v) is 11.4. The number of aliphatic hydroxyl groups excluding tert-OH is 2. The van der Waals surface area contributed by atoms with Gasteiger partial charge in [-0.2, -0.15) is 0 Å². The third-order valence-electron chi connectivity index (χ3n) is 11.4. The molecule has 2 atom stereocenters. The Balaban J connectivity index is 3.52. The second-order valence-corrected chi connectivity index (χ2v) is 16.9. The first kappa shape index (κ1) is 52.9. The molecule has 4 heteroatoms. The molecule has 0 radical (unpaired) electrons. The number of allylic oxidation sites excluding steroid dienone is 3. The molecule has 0 rings (SSSR count). The Labute approximate surface area is 339 Å². The van der Waals surface area contributed by atoms with Crippen LogP contribution in [0.25, 0.3) is 0 Å². The maximum absolute atomic E-state index is 12.4. The maximum atomic E-state index is 12.4. The minimum absolute atomic E-state index is 0.0637. The van der Waals surface area contributed by atoms with Gasteiger partial charge in [0.15, 0.2) is 0 Å². The van der Waals surface area contributed by atoms with Gasteiger partial charge in [0, 0.05) is 6.42 Å². The van der Waals surface area contributed by atoms with Crippen LogP contribution in [0.2, 0.25) is 0 Å². The van der Waals surface area contributed by atoms with Gasteiger partial charge in [-0.3, -0.25) is 4.79 Å². The summed E-state index contributed by atoms with van der Waals surface area (Å²) in [7, 11) is 0. The van der Waals surface area contributed by atoms with Crippen LogP contribution >= 0.6 is 0 Å². The topological polar surface area (TPSA) is 69.6 Å². The smallest absolute Gasteiger partial charge is 0.220 e. The van der Waals surface area contributed by atoms with Crippen molar-refractivity contribution in [2.45, 2.75) is 283 Å². The number of hydrogen-bond acceptors (Lipinski definition) is 3. The van der Waals surface area contributed by atoms with Crippen molar-refractivity contribution < 1.29 is 15.0 Å². The van der Waals surface area contributed by atoms with Gasteiger partial charge >= 0.3 is 0 Å². The van der Waals surface area contributed by atoms with Crippen LogP contribution in [-0.4, -0.2) is 34.9 Å². The average molecular weight is 760 g/mol. The van der Waals surface area contributed by atoms with E-state index >= 15 is 0 Å². The summed E-state index contributed by atoms with van der Waals surface area (Å²) in [4.78, 5) is 12.4.